The van der Waals surface area contributed by atoms with E-state index < -0.39 is 0 Å². The van der Waals surface area contributed by atoms with Crippen LogP contribution in [0.15, 0.2) is 0 Å². The summed E-state index contributed by atoms with van der Waals surface area (Å²) in [5.41, 5.74) is 5.29. The minimum atomic E-state index is 0.585. The zero-order valence-corrected chi connectivity index (χ0v) is 7.59. The molecule has 0 aliphatic heterocycles. The van der Waals surface area contributed by atoms with E-state index in [1.807, 2.05) is 11.8 Å². The molecule has 0 saturated carbocycles. The van der Waals surface area contributed by atoms with Gasteiger partial charge >= 0.3 is 0 Å². The first kappa shape index (κ1) is 10.6. The van der Waals surface area contributed by atoms with Crippen molar-refractivity contribution in [3.8, 4) is 0 Å². The molecule has 0 saturated heterocycles. The van der Waals surface area contributed by atoms with E-state index in [2.05, 4.69) is 0 Å². The Bertz CT molecular complexity index is 57.7. The van der Waals surface area contributed by atoms with Crippen molar-refractivity contribution < 1.29 is 4.74 Å². The number of nitrogens with two attached hydrogens (primary N) is 1. The van der Waals surface area contributed by atoms with Crippen molar-refractivity contribution in [2.45, 2.75) is 0 Å². The van der Waals surface area contributed by atoms with Crippen molar-refractivity contribution in [2.24, 2.45) is 5.73 Å². The molecule has 2 nitrogen and oxygen atoms in total. The van der Waals surface area contributed by atoms with Crippen molar-refractivity contribution in [3.05, 3.63) is 0 Å². The van der Waals surface area contributed by atoms with Gasteiger partial charge in [0.25, 0.3) is 0 Å². The lowest BCUT2D eigenvalue weighted by Gasteiger charge is -1.99. The standard InChI is InChI=1S/C6H14ClNOS/c7-1-3-9-4-6-10-5-2-8/h1-6,8H2. The first-order valence-electron chi connectivity index (χ1n) is 3.33. The van der Waals surface area contributed by atoms with Crippen LogP contribution in [-0.4, -0.2) is 37.1 Å². The molecule has 0 aromatic carbocycles. The van der Waals surface area contributed by atoms with Gasteiger partial charge in [-0.1, -0.05) is 0 Å². The molecule has 0 radical (unpaired) electrons. The molecule has 4 heteroatoms. The summed E-state index contributed by atoms with van der Waals surface area (Å²) in [6.07, 6.45) is 0. The van der Waals surface area contributed by atoms with Gasteiger partial charge in [0, 0.05) is 23.9 Å². The molecule has 0 unspecified atom stereocenters. The van der Waals surface area contributed by atoms with Gasteiger partial charge in [0.15, 0.2) is 0 Å². The average Bonchev–Trinajstić information content (AvgIpc) is 1.97. The molecule has 0 aliphatic rings. The molecule has 0 rings (SSSR count). The van der Waals surface area contributed by atoms with E-state index in [-0.39, 0.29) is 0 Å². The second-order valence-corrected chi connectivity index (χ2v) is 3.31. The largest absolute Gasteiger partial charge is 0.379 e. The van der Waals surface area contributed by atoms with E-state index in [0.29, 0.717) is 12.5 Å². The zero-order chi connectivity index (χ0) is 7.66. The van der Waals surface area contributed by atoms with Crippen LogP contribution in [0.5, 0.6) is 0 Å². The van der Waals surface area contributed by atoms with Gasteiger partial charge in [-0.3, -0.25) is 0 Å². The first-order valence-corrected chi connectivity index (χ1v) is 5.02. The molecule has 0 aromatic rings. The van der Waals surface area contributed by atoms with Crippen LogP contribution in [0, 0.1) is 0 Å². The summed E-state index contributed by atoms with van der Waals surface area (Å²) < 4.78 is 5.14. The smallest absolute Gasteiger partial charge is 0.0602 e. The van der Waals surface area contributed by atoms with Gasteiger partial charge in [-0.05, 0) is 0 Å². The maximum absolute atomic E-state index is 5.39. The number of hydrogen-bond donors (Lipinski definition) is 1. The van der Waals surface area contributed by atoms with Crippen molar-refractivity contribution in [2.75, 3.05) is 37.1 Å². The topological polar surface area (TPSA) is 35.2 Å². The summed E-state index contributed by atoms with van der Waals surface area (Å²) in [6.45, 7) is 2.20. The van der Waals surface area contributed by atoms with Crippen molar-refractivity contribution in [1.29, 1.82) is 0 Å². The van der Waals surface area contributed by atoms with Gasteiger partial charge in [-0.2, -0.15) is 11.8 Å². The lowest BCUT2D eigenvalue weighted by molar-refractivity contribution is 0.166. The van der Waals surface area contributed by atoms with Crippen LogP contribution in [0.1, 0.15) is 0 Å². The van der Waals surface area contributed by atoms with E-state index in [1.54, 1.807) is 0 Å². The van der Waals surface area contributed by atoms with Gasteiger partial charge < -0.3 is 10.5 Å². The molecule has 0 bridgehead atoms. The molecule has 0 atom stereocenters. The SMILES string of the molecule is NCCSCCOCCCl. The minimum absolute atomic E-state index is 0.585. The minimum Gasteiger partial charge on any atom is -0.379 e. The number of thioether (sulfide) groups is 1. The summed E-state index contributed by atoms with van der Waals surface area (Å²) in [4.78, 5) is 0. The van der Waals surface area contributed by atoms with Crippen LogP contribution in [-0.2, 0) is 4.74 Å². The maximum Gasteiger partial charge on any atom is 0.0602 e. The molecule has 0 spiro atoms. The Balaban J connectivity index is 2.65. The fraction of sp³-hybridized carbons (Fsp3) is 1.00. The second-order valence-electron chi connectivity index (χ2n) is 1.70. The molecule has 0 amide bonds. The molecule has 62 valence electrons. The summed E-state index contributed by atoms with van der Waals surface area (Å²) >= 11 is 7.20. The Morgan fingerprint density at radius 2 is 2.10 bits per heavy atom. The van der Waals surface area contributed by atoms with Gasteiger partial charge in [0.1, 0.15) is 0 Å². The van der Waals surface area contributed by atoms with Crippen LogP contribution in [0.3, 0.4) is 0 Å². The maximum atomic E-state index is 5.39. The predicted molar refractivity (Wildman–Crippen MR) is 47.9 cm³/mol. The molecular formula is C6H14ClNOS. The molecule has 0 aliphatic carbocycles. The predicted octanol–water partition coefficient (Wildman–Crippen LogP) is 0.934. The number of hydrogen-bond acceptors (Lipinski definition) is 3. The Morgan fingerprint density at radius 3 is 2.70 bits per heavy atom. The van der Waals surface area contributed by atoms with Crippen LogP contribution in [0.4, 0.5) is 0 Å². The van der Waals surface area contributed by atoms with Crippen molar-refractivity contribution in [1.82, 2.24) is 0 Å². The highest BCUT2D eigenvalue weighted by Crippen LogP contribution is 1.96. The Labute approximate surface area is 71.4 Å². The fourth-order valence-corrected chi connectivity index (χ4v) is 1.18. The van der Waals surface area contributed by atoms with E-state index in [1.165, 1.54) is 0 Å². The Kier molecular flexibility index (Phi) is 10.1. The third kappa shape index (κ3) is 8.56. The third-order valence-corrected chi connectivity index (χ3v) is 1.99. The molecule has 0 fully saturated rings. The summed E-state index contributed by atoms with van der Waals surface area (Å²) in [6, 6.07) is 0. The molecule has 2 N–H and O–H groups in total. The van der Waals surface area contributed by atoms with E-state index in [9.17, 15) is 0 Å². The highest BCUT2D eigenvalue weighted by atomic mass is 35.5. The lowest BCUT2D eigenvalue weighted by Crippen LogP contribution is -2.05. The van der Waals surface area contributed by atoms with Crippen molar-refractivity contribution >= 4 is 23.4 Å². The van der Waals surface area contributed by atoms with E-state index in [0.717, 1.165) is 24.7 Å². The van der Waals surface area contributed by atoms with Gasteiger partial charge in [0.2, 0.25) is 0 Å². The Hall–Kier alpha value is 0.560. The number of rotatable bonds is 7. The van der Waals surface area contributed by atoms with Gasteiger partial charge in [-0.25, -0.2) is 0 Å². The second kappa shape index (κ2) is 9.56. The highest BCUT2D eigenvalue weighted by molar-refractivity contribution is 7.99. The molecule has 0 heterocycles. The molecular weight excluding hydrogens is 170 g/mol. The first-order chi connectivity index (χ1) is 4.91. The molecule has 0 aromatic heterocycles. The fourth-order valence-electron chi connectivity index (χ4n) is 0.460. The summed E-state index contributed by atoms with van der Waals surface area (Å²) in [7, 11) is 0. The van der Waals surface area contributed by atoms with E-state index in [4.69, 9.17) is 22.1 Å². The number of ether oxygens (including phenoxy) is 1. The Morgan fingerprint density at radius 1 is 1.30 bits per heavy atom. The zero-order valence-electron chi connectivity index (χ0n) is 6.01. The molecule has 10 heavy (non-hydrogen) atoms. The normalized spacial score (nSPS) is 10.2. The monoisotopic (exact) mass is 183 g/mol. The summed E-state index contributed by atoms with van der Waals surface area (Å²) in [5.74, 6) is 2.62. The van der Waals surface area contributed by atoms with E-state index >= 15 is 0 Å². The van der Waals surface area contributed by atoms with Crippen LogP contribution in [0.25, 0.3) is 0 Å². The number of alkyl halides is 1. The van der Waals surface area contributed by atoms with Gasteiger partial charge in [0.05, 0.1) is 13.2 Å². The third-order valence-electron chi connectivity index (χ3n) is 0.856. The van der Waals surface area contributed by atoms with Crippen LogP contribution in [0.2, 0.25) is 0 Å². The number of halogens is 1. The van der Waals surface area contributed by atoms with Crippen LogP contribution < -0.4 is 5.73 Å². The summed E-state index contributed by atoms with van der Waals surface area (Å²) in [5, 5.41) is 0. The van der Waals surface area contributed by atoms with Crippen LogP contribution >= 0.6 is 23.4 Å². The quantitative estimate of drug-likeness (QED) is 0.471. The highest BCUT2D eigenvalue weighted by Gasteiger charge is 1.87. The average molecular weight is 184 g/mol. The van der Waals surface area contributed by atoms with Crippen molar-refractivity contribution in [3.63, 3.8) is 0 Å². The van der Waals surface area contributed by atoms with Gasteiger partial charge in [-0.15, -0.1) is 11.6 Å². The lowest BCUT2D eigenvalue weighted by atomic mass is 10.8.